The van der Waals surface area contributed by atoms with E-state index in [4.69, 9.17) is 9.47 Å². The number of thioether (sulfide) groups is 1. The van der Waals surface area contributed by atoms with Gasteiger partial charge in [0.05, 0.1) is 18.6 Å². The van der Waals surface area contributed by atoms with Crippen molar-refractivity contribution in [1.82, 2.24) is 9.47 Å². The van der Waals surface area contributed by atoms with E-state index in [-0.39, 0.29) is 18.1 Å². The first-order valence-electron chi connectivity index (χ1n) is 8.95. The van der Waals surface area contributed by atoms with Crippen molar-refractivity contribution in [2.24, 2.45) is 0 Å². The van der Waals surface area contributed by atoms with Crippen molar-refractivity contribution in [3.63, 3.8) is 0 Å². The van der Waals surface area contributed by atoms with Gasteiger partial charge < -0.3 is 14.0 Å². The number of carbonyl (C=O) groups is 4. The molecule has 1 aromatic carbocycles. The quantitative estimate of drug-likeness (QED) is 0.528. The van der Waals surface area contributed by atoms with Crippen LogP contribution in [0.4, 0.5) is 4.79 Å². The zero-order chi connectivity index (χ0) is 21.1. The van der Waals surface area contributed by atoms with Crippen molar-refractivity contribution in [3.05, 3.63) is 40.9 Å². The van der Waals surface area contributed by atoms with Gasteiger partial charge in [-0.25, -0.2) is 4.79 Å². The minimum absolute atomic E-state index is 0.0201. The Morgan fingerprint density at radius 3 is 2.66 bits per heavy atom. The van der Waals surface area contributed by atoms with Crippen LogP contribution < -0.4 is 0 Å². The minimum Gasteiger partial charge on any atom is -0.468 e. The van der Waals surface area contributed by atoms with Gasteiger partial charge in [0.1, 0.15) is 12.6 Å². The van der Waals surface area contributed by atoms with Gasteiger partial charge in [-0.3, -0.25) is 19.3 Å². The van der Waals surface area contributed by atoms with Gasteiger partial charge in [-0.15, -0.1) is 0 Å². The van der Waals surface area contributed by atoms with E-state index in [0.29, 0.717) is 5.56 Å². The lowest BCUT2D eigenvalue weighted by atomic mass is 10.1. The van der Waals surface area contributed by atoms with Crippen LogP contribution in [0.15, 0.2) is 35.4 Å². The Labute approximate surface area is 171 Å². The maximum Gasteiger partial charge on any atom is 0.329 e. The van der Waals surface area contributed by atoms with Gasteiger partial charge in [-0.05, 0) is 37.8 Å². The van der Waals surface area contributed by atoms with E-state index in [1.165, 1.54) is 14.0 Å². The Balaban J connectivity index is 1.95. The molecule has 2 amide bonds. The molecular formula is C20H20N2O6S. The number of rotatable bonds is 6. The first kappa shape index (κ1) is 20.7. The van der Waals surface area contributed by atoms with Crippen molar-refractivity contribution in [2.45, 2.75) is 26.4 Å². The van der Waals surface area contributed by atoms with Gasteiger partial charge in [0, 0.05) is 22.7 Å². The number of ether oxygens (including phenoxy) is 2. The molecule has 3 rings (SSSR count). The highest BCUT2D eigenvalue weighted by molar-refractivity contribution is 8.18. The summed E-state index contributed by atoms with van der Waals surface area (Å²) in [5.41, 5.74) is 1.47. The smallest absolute Gasteiger partial charge is 0.329 e. The normalized spacial score (nSPS) is 16.5. The van der Waals surface area contributed by atoms with Gasteiger partial charge in [0.2, 0.25) is 0 Å². The first-order valence-corrected chi connectivity index (χ1v) is 9.77. The molecule has 1 aliphatic rings. The highest BCUT2D eigenvalue weighted by Gasteiger charge is 2.41. The predicted octanol–water partition coefficient (Wildman–Crippen LogP) is 2.80. The van der Waals surface area contributed by atoms with Crippen LogP contribution in [-0.2, 0) is 30.4 Å². The Kier molecular flexibility index (Phi) is 6.07. The van der Waals surface area contributed by atoms with E-state index in [1.807, 2.05) is 24.3 Å². The largest absolute Gasteiger partial charge is 0.468 e. The summed E-state index contributed by atoms with van der Waals surface area (Å²) in [4.78, 5) is 49.9. The molecular weight excluding hydrogens is 396 g/mol. The molecule has 9 heteroatoms. The molecule has 1 atom stereocenters. The second-order valence-corrected chi connectivity index (χ2v) is 7.28. The number of nitrogens with zero attached hydrogens (tertiary/aromatic N) is 2. The van der Waals surface area contributed by atoms with Gasteiger partial charge in [-0.2, -0.15) is 0 Å². The van der Waals surface area contributed by atoms with Crippen LogP contribution >= 0.6 is 11.8 Å². The molecule has 0 spiro atoms. The number of carbonyl (C=O) groups excluding carboxylic acids is 4. The van der Waals surface area contributed by atoms with E-state index >= 15 is 0 Å². The Bertz CT molecular complexity index is 1030. The number of methoxy groups -OCH3 is 1. The van der Waals surface area contributed by atoms with Crippen molar-refractivity contribution in [3.8, 4) is 0 Å². The summed E-state index contributed by atoms with van der Waals surface area (Å²) in [7, 11) is 1.32. The molecule has 0 bridgehead atoms. The Morgan fingerprint density at radius 1 is 1.24 bits per heavy atom. The number of hydrogen-bond donors (Lipinski definition) is 0. The second kappa shape index (κ2) is 8.52. The van der Waals surface area contributed by atoms with Crippen LogP contribution in [0.2, 0.25) is 0 Å². The van der Waals surface area contributed by atoms with Crippen molar-refractivity contribution in [1.29, 1.82) is 0 Å². The van der Waals surface area contributed by atoms with E-state index in [1.54, 1.807) is 23.8 Å². The van der Waals surface area contributed by atoms with E-state index in [9.17, 15) is 19.2 Å². The monoisotopic (exact) mass is 416 g/mol. The second-order valence-electron chi connectivity index (χ2n) is 6.29. The summed E-state index contributed by atoms with van der Waals surface area (Å²) in [6.45, 7) is 3.29. The topological polar surface area (TPSA) is 94.9 Å². The van der Waals surface area contributed by atoms with Crippen LogP contribution in [-0.4, -0.2) is 52.3 Å². The molecule has 1 aliphatic heterocycles. The number of fused-ring (bicyclic) bond motifs is 1. The maximum absolute atomic E-state index is 12.8. The number of esters is 2. The summed E-state index contributed by atoms with van der Waals surface area (Å²) in [6, 6.07) is 6.39. The highest BCUT2D eigenvalue weighted by atomic mass is 32.2. The summed E-state index contributed by atoms with van der Waals surface area (Å²) < 4.78 is 11.4. The summed E-state index contributed by atoms with van der Waals surface area (Å²) in [5.74, 6) is -1.59. The van der Waals surface area contributed by atoms with Crippen LogP contribution in [0, 0.1) is 0 Å². The lowest BCUT2D eigenvalue weighted by Gasteiger charge is -2.19. The highest BCUT2D eigenvalue weighted by Crippen LogP contribution is 2.35. The van der Waals surface area contributed by atoms with Crippen molar-refractivity contribution < 1.29 is 28.7 Å². The van der Waals surface area contributed by atoms with Gasteiger partial charge in [0.15, 0.2) is 0 Å². The van der Waals surface area contributed by atoms with Crippen LogP contribution in [0.1, 0.15) is 19.4 Å². The molecule has 1 saturated heterocycles. The molecule has 0 unspecified atom stereocenters. The zero-order valence-electron chi connectivity index (χ0n) is 16.2. The molecule has 152 valence electrons. The van der Waals surface area contributed by atoms with Gasteiger partial charge >= 0.3 is 11.9 Å². The number of benzene rings is 1. The minimum atomic E-state index is -1.01. The van der Waals surface area contributed by atoms with Crippen molar-refractivity contribution in [2.75, 3.05) is 13.7 Å². The molecule has 1 fully saturated rings. The maximum atomic E-state index is 12.8. The van der Waals surface area contributed by atoms with Gasteiger partial charge in [-0.1, -0.05) is 18.2 Å². The zero-order valence-corrected chi connectivity index (χ0v) is 17.0. The van der Waals surface area contributed by atoms with Crippen molar-refractivity contribution >= 4 is 51.8 Å². The molecule has 2 aromatic rings. The fourth-order valence-electron chi connectivity index (χ4n) is 3.05. The molecule has 2 heterocycles. The summed E-state index contributed by atoms with van der Waals surface area (Å²) in [5, 5.41) is 0.293. The fraction of sp³-hybridized carbons (Fsp3) is 0.300. The number of amides is 2. The SMILES string of the molecule is CCOC(=O)[C@H](C)N1C(=O)S/C(=C/c2cn(CC(=O)OC)c3ccccc23)C1=O. The average Bonchev–Trinajstić information content (AvgIpc) is 3.18. The summed E-state index contributed by atoms with van der Waals surface area (Å²) in [6.07, 6.45) is 3.32. The van der Waals surface area contributed by atoms with Crippen LogP contribution in [0.25, 0.3) is 17.0 Å². The molecule has 1 aromatic heterocycles. The number of hydrogen-bond acceptors (Lipinski definition) is 7. The first-order chi connectivity index (χ1) is 13.9. The third-order valence-corrected chi connectivity index (χ3v) is 5.36. The molecule has 0 aliphatic carbocycles. The molecule has 0 saturated carbocycles. The number of aromatic nitrogens is 1. The third-order valence-electron chi connectivity index (χ3n) is 4.47. The lowest BCUT2D eigenvalue weighted by Crippen LogP contribution is -2.42. The Morgan fingerprint density at radius 2 is 1.97 bits per heavy atom. The standard InChI is InChI=1S/C20H20N2O6S/c1-4-28-19(25)12(2)22-18(24)16(29-20(22)26)9-13-10-21(11-17(23)27-3)15-8-6-5-7-14(13)15/h5-10,12H,4,11H2,1-3H3/b16-9+/t12-/m0/s1. The fourth-order valence-corrected chi connectivity index (χ4v) is 3.95. The van der Waals surface area contributed by atoms with Gasteiger partial charge in [0.25, 0.3) is 11.1 Å². The molecule has 8 nitrogen and oxygen atoms in total. The Hall–Kier alpha value is -3.07. The molecule has 29 heavy (non-hydrogen) atoms. The number of imide groups is 1. The summed E-state index contributed by atoms with van der Waals surface area (Å²) >= 11 is 0.767. The molecule has 0 radical (unpaired) electrons. The average molecular weight is 416 g/mol. The third kappa shape index (κ3) is 4.04. The van der Waals surface area contributed by atoms with E-state index < -0.39 is 29.1 Å². The lowest BCUT2D eigenvalue weighted by molar-refractivity contribution is -0.150. The van der Waals surface area contributed by atoms with E-state index in [2.05, 4.69) is 0 Å². The van der Waals surface area contributed by atoms with E-state index in [0.717, 1.165) is 27.6 Å². The predicted molar refractivity (Wildman–Crippen MR) is 108 cm³/mol. The number of para-hydroxylation sites is 1. The molecule has 0 N–H and O–H groups in total. The van der Waals surface area contributed by atoms with Crippen LogP contribution in [0.3, 0.4) is 0 Å². The van der Waals surface area contributed by atoms with Crippen LogP contribution in [0.5, 0.6) is 0 Å².